The van der Waals surface area contributed by atoms with Crippen LogP contribution in [0.15, 0.2) is 16.9 Å². The van der Waals surface area contributed by atoms with Crippen LogP contribution in [0.5, 0.6) is 0 Å². The molecule has 1 aromatic heterocycles. The molecule has 1 unspecified atom stereocenters. The van der Waals surface area contributed by atoms with E-state index < -0.39 is 0 Å². The topological polar surface area (TPSA) is 82.7 Å². The van der Waals surface area contributed by atoms with E-state index in [-0.39, 0.29) is 35.9 Å². The number of hydrogen-bond acceptors (Lipinski definition) is 4. The lowest BCUT2D eigenvalue weighted by molar-refractivity contribution is -0.128. The molecule has 1 aromatic carbocycles. The Morgan fingerprint density at radius 1 is 1.20 bits per heavy atom. The number of carbonyl (C=O) groups excluding carboxylic acids is 2. The lowest BCUT2D eigenvalue weighted by Crippen LogP contribution is -2.40. The van der Waals surface area contributed by atoms with Gasteiger partial charge in [-0.25, -0.2) is 0 Å². The van der Waals surface area contributed by atoms with Gasteiger partial charge in [-0.1, -0.05) is 23.2 Å². The lowest BCUT2D eigenvalue weighted by Gasteiger charge is -2.36. The van der Waals surface area contributed by atoms with Crippen LogP contribution in [-0.4, -0.2) is 53.3 Å². The zero-order valence-corrected chi connectivity index (χ0v) is 21.8. The standard InChI is InChI=1S/C26H30Cl2N3O4/c1-14-11-15(2)29-25(33)20(14)13-31-10-7-18-21(27)12-19(23(28)22(18)26(31)34)24(35-4)17-5-8-30(9-6-17)16(3)32/h11-12,17,24H,3,5-10,13H2,1-2,4H3,(H,29,33). The molecule has 35 heavy (non-hydrogen) atoms. The van der Waals surface area contributed by atoms with Gasteiger partial charge in [-0.3, -0.25) is 14.4 Å². The number of hydrogen-bond donors (Lipinski definition) is 1. The molecular weight excluding hydrogens is 489 g/mol. The molecule has 2 aliphatic heterocycles. The van der Waals surface area contributed by atoms with Crippen molar-refractivity contribution in [3.05, 3.63) is 73.0 Å². The maximum Gasteiger partial charge on any atom is 0.256 e. The zero-order chi connectivity index (χ0) is 25.4. The molecule has 4 rings (SSSR count). The van der Waals surface area contributed by atoms with E-state index in [9.17, 15) is 14.4 Å². The van der Waals surface area contributed by atoms with Gasteiger partial charge in [-0.05, 0) is 62.3 Å². The third-order valence-electron chi connectivity index (χ3n) is 7.20. The molecular formula is C26H30Cl2N3O4. The van der Waals surface area contributed by atoms with Gasteiger partial charge in [0.15, 0.2) is 0 Å². The van der Waals surface area contributed by atoms with Crippen LogP contribution in [0.25, 0.3) is 0 Å². The fourth-order valence-electron chi connectivity index (χ4n) is 5.31. The van der Waals surface area contributed by atoms with Gasteiger partial charge in [0.1, 0.15) is 0 Å². The molecule has 1 atom stereocenters. The van der Waals surface area contributed by atoms with Crippen LogP contribution in [-0.2, 0) is 22.5 Å². The van der Waals surface area contributed by atoms with Crippen LogP contribution < -0.4 is 5.56 Å². The minimum absolute atomic E-state index is 0.116. The van der Waals surface area contributed by atoms with Gasteiger partial charge in [-0.15, -0.1) is 0 Å². The van der Waals surface area contributed by atoms with E-state index in [1.165, 1.54) is 0 Å². The summed E-state index contributed by atoms with van der Waals surface area (Å²) in [6.45, 7) is 9.04. The van der Waals surface area contributed by atoms with Crippen molar-refractivity contribution in [1.29, 1.82) is 0 Å². The van der Waals surface area contributed by atoms with Crippen LogP contribution in [0.1, 0.15) is 57.3 Å². The summed E-state index contributed by atoms with van der Waals surface area (Å²) < 4.78 is 5.87. The normalized spacial score (nSPS) is 17.5. The van der Waals surface area contributed by atoms with Crippen molar-refractivity contribution in [2.45, 2.75) is 45.8 Å². The van der Waals surface area contributed by atoms with E-state index in [4.69, 9.17) is 27.9 Å². The van der Waals surface area contributed by atoms with E-state index in [1.54, 1.807) is 16.9 Å². The van der Waals surface area contributed by atoms with Crippen molar-refractivity contribution < 1.29 is 14.3 Å². The Morgan fingerprint density at radius 3 is 2.49 bits per heavy atom. The molecule has 3 heterocycles. The molecule has 7 nitrogen and oxygen atoms in total. The average molecular weight is 519 g/mol. The molecule has 0 spiro atoms. The van der Waals surface area contributed by atoms with Crippen LogP contribution in [0, 0.1) is 26.7 Å². The molecule has 187 valence electrons. The number of rotatable bonds is 5. The fraction of sp³-hybridized carbons (Fsp3) is 0.462. The Bertz CT molecular complexity index is 1220. The Hall–Kier alpha value is -2.35. The number of ether oxygens (including phenoxy) is 1. The van der Waals surface area contributed by atoms with Gasteiger partial charge in [0.2, 0.25) is 5.91 Å². The number of nitrogens with one attached hydrogen (secondary N) is 1. The zero-order valence-electron chi connectivity index (χ0n) is 20.2. The third-order valence-corrected chi connectivity index (χ3v) is 7.95. The molecule has 0 bridgehead atoms. The van der Waals surface area contributed by atoms with E-state index in [1.807, 2.05) is 26.0 Å². The van der Waals surface area contributed by atoms with E-state index in [0.717, 1.165) is 29.7 Å². The van der Waals surface area contributed by atoms with Crippen LogP contribution in [0.3, 0.4) is 0 Å². The molecule has 0 aliphatic carbocycles. The second kappa shape index (κ2) is 10.3. The van der Waals surface area contributed by atoms with E-state index >= 15 is 0 Å². The summed E-state index contributed by atoms with van der Waals surface area (Å²) >= 11 is 13.6. The molecule has 1 radical (unpaired) electrons. The summed E-state index contributed by atoms with van der Waals surface area (Å²) in [4.78, 5) is 44.0. The third kappa shape index (κ3) is 4.99. The first-order valence-electron chi connectivity index (χ1n) is 11.8. The largest absolute Gasteiger partial charge is 0.376 e. The van der Waals surface area contributed by atoms with Crippen molar-refractivity contribution in [2.75, 3.05) is 26.7 Å². The number of likely N-dealkylation sites (tertiary alicyclic amines) is 1. The number of aromatic amines is 1. The first kappa shape index (κ1) is 25.7. The average Bonchev–Trinajstić information content (AvgIpc) is 2.81. The molecule has 1 fully saturated rings. The Kier molecular flexibility index (Phi) is 7.60. The number of fused-ring (bicyclic) bond motifs is 1. The number of pyridine rings is 1. The summed E-state index contributed by atoms with van der Waals surface area (Å²) in [5, 5.41) is 0.834. The number of amides is 2. The quantitative estimate of drug-likeness (QED) is 0.640. The van der Waals surface area contributed by atoms with Gasteiger partial charge in [0.25, 0.3) is 11.5 Å². The summed E-state index contributed by atoms with van der Waals surface area (Å²) in [6.07, 6.45) is 1.66. The van der Waals surface area contributed by atoms with Gasteiger partial charge in [0.05, 0.1) is 23.2 Å². The molecule has 2 amide bonds. The van der Waals surface area contributed by atoms with Crippen molar-refractivity contribution in [3.63, 3.8) is 0 Å². The summed E-state index contributed by atoms with van der Waals surface area (Å²) in [6, 6.07) is 3.71. The molecule has 9 heteroatoms. The molecule has 2 aliphatic rings. The smallest absolute Gasteiger partial charge is 0.256 e. The van der Waals surface area contributed by atoms with Gasteiger partial charge in [-0.2, -0.15) is 0 Å². The number of methoxy groups -OCH3 is 1. The summed E-state index contributed by atoms with van der Waals surface area (Å²) in [7, 11) is 1.62. The number of benzene rings is 1. The van der Waals surface area contributed by atoms with Gasteiger partial charge < -0.3 is 19.5 Å². The van der Waals surface area contributed by atoms with Gasteiger partial charge in [0, 0.05) is 55.5 Å². The van der Waals surface area contributed by atoms with Crippen LogP contribution >= 0.6 is 23.2 Å². The fourth-order valence-corrected chi connectivity index (χ4v) is 5.97. The predicted octanol–water partition coefficient (Wildman–Crippen LogP) is 4.26. The number of nitrogens with zero attached hydrogens (tertiary/aromatic N) is 2. The SMILES string of the molecule is [CH2]C(=O)N1CCC(C(OC)c2cc(Cl)c3c(c2Cl)C(=O)N(Cc2c(C)cc(C)[nH]c2=O)CC3)CC1. The maximum absolute atomic E-state index is 13.6. The Morgan fingerprint density at radius 2 is 1.89 bits per heavy atom. The molecule has 2 aromatic rings. The van der Waals surface area contributed by atoms with Crippen molar-refractivity contribution in [2.24, 2.45) is 5.92 Å². The minimum atomic E-state index is -0.363. The van der Waals surface area contributed by atoms with Crippen LogP contribution in [0.2, 0.25) is 10.0 Å². The number of aromatic nitrogens is 1. The number of H-pyrrole nitrogens is 1. The van der Waals surface area contributed by atoms with E-state index in [2.05, 4.69) is 11.9 Å². The number of carbonyl (C=O) groups is 2. The number of halogens is 2. The predicted molar refractivity (Wildman–Crippen MR) is 136 cm³/mol. The summed E-state index contributed by atoms with van der Waals surface area (Å²) in [5.74, 6) is -0.307. The van der Waals surface area contributed by atoms with Gasteiger partial charge >= 0.3 is 0 Å². The first-order chi connectivity index (χ1) is 16.6. The number of piperidine rings is 1. The minimum Gasteiger partial charge on any atom is -0.376 e. The van der Waals surface area contributed by atoms with Crippen molar-refractivity contribution >= 4 is 35.0 Å². The highest BCUT2D eigenvalue weighted by atomic mass is 35.5. The van der Waals surface area contributed by atoms with E-state index in [0.29, 0.717) is 52.8 Å². The number of aryl methyl sites for hydroxylation is 2. The van der Waals surface area contributed by atoms with Crippen LogP contribution in [0.4, 0.5) is 0 Å². The highest BCUT2D eigenvalue weighted by molar-refractivity contribution is 6.37. The molecule has 1 saturated heterocycles. The Balaban J connectivity index is 1.65. The second-order valence-corrected chi connectivity index (χ2v) is 10.2. The van der Waals surface area contributed by atoms with Crippen molar-refractivity contribution in [3.8, 4) is 0 Å². The van der Waals surface area contributed by atoms with Crippen molar-refractivity contribution in [1.82, 2.24) is 14.8 Å². The molecule has 0 saturated carbocycles. The monoisotopic (exact) mass is 518 g/mol. The maximum atomic E-state index is 13.6. The molecule has 1 N–H and O–H groups in total. The second-order valence-electron chi connectivity index (χ2n) is 9.41. The lowest BCUT2D eigenvalue weighted by atomic mass is 9.85. The highest BCUT2D eigenvalue weighted by Gasteiger charge is 2.35. The summed E-state index contributed by atoms with van der Waals surface area (Å²) in [5.41, 5.74) is 3.78. The highest BCUT2D eigenvalue weighted by Crippen LogP contribution is 2.42. The first-order valence-corrected chi connectivity index (χ1v) is 12.5. The Labute approximate surface area is 215 Å².